The number of hydrogen-bond donors (Lipinski definition) is 4. The molecular weight excluding hydrogens is 759 g/mol. The SMILES string of the molecule is CCC(C)C(C(CC(=O)N1CCCC1C(OC)C(C)C(=O)NCP(O)O)OC)N(C)C(=O)CNC(=O)C1C2CCC(C2)N1C(=O)CCCCCN1C(=O)C=CC1=O. The quantitative estimate of drug-likeness (QED) is 0.0693. The Morgan fingerprint density at radius 3 is 2.30 bits per heavy atom. The van der Waals surface area contributed by atoms with E-state index in [-0.39, 0.29) is 79.0 Å². The van der Waals surface area contributed by atoms with Crippen LogP contribution in [0.15, 0.2) is 12.2 Å². The highest BCUT2D eigenvalue weighted by atomic mass is 31.2. The average Bonchev–Trinajstić information content (AvgIpc) is 4.01. The van der Waals surface area contributed by atoms with Crippen LogP contribution in [0, 0.1) is 17.8 Å². The summed E-state index contributed by atoms with van der Waals surface area (Å²) in [6.45, 7) is 6.13. The van der Waals surface area contributed by atoms with Crippen LogP contribution >= 0.6 is 8.38 Å². The molecule has 18 heteroatoms. The largest absolute Gasteiger partial charge is 0.379 e. The summed E-state index contributed by atoms with van der Waals surface area (Å²) in [7, 11) is 2.34. The first-order valence-electron chi connectivity index (χ1n) is 20.3. The van der Waals surface area contributed by atoms with Crippen LogP contribution in [-0.4, -0.2) is 154 Å². The number of ether oxygens (including phenoxy) is 2. The first-order valence-corrected chi connectivity index (χ1v) is 21.7. The summed E-state index contributed by atoms with van der Waals surface area (Å²) in [6.07, 6.45) is 7.36. The third-order valence-electron chi connectivity index (χ3n) is 12.4. The van der Waals surface area contributed by atoms with Gasteiger partial charge < -0.3 is 44.6 Å². The minimum Gasteiger partial charge on any atom is -0.379 e. The number of likely N-dealkylation sites (tertiary alicyclic amines) is 2. The number of hydrogen-bond acceptors (Lipinski definition) is 11. The Labute approximate surface area is 337 Å². The lowest BCUT2D eigenvalue weighted by molar-refractivity contribution is -0.146. The van der Waals surface area contributed by atoms with Gasteiger partial charge in [0.1, 0.15) is 6.04 Å². The summed E-state index contributed by atoms with van der Waals surface area (Å²) in [5.41, 5.74) is 0. The zero-order valence-electron chi connectivity index (χ0n) is 34.3. The highest BCUT2D eigenvalue weighted by Gasteiger charge is 2.51. The van der Waals surface area contributed by atoms with Gasteiger partial charge in [0.05, 0.1) is 49.5 Å². The molecule has 1 aliphatic carbocycles. The van der Waals surface area contributed by atoms with Crippen molar-refractivity contribution >= 4 is 49.7 Å². The number of likely N-dealkylation sites (N-methyl/N-ethyl adjacent to an activating group) is 1. The van der Waals surface area contributed by atoms with Crippen molar-refractivity contribution in [3.8, 4) is 0 Å². The Hall–Kier alpha value is -3.50. The Morgan fingerprint density at radius 1 is 0.965 bits per heavy atom. The molecule has 320 valence electrons. The van der Waals surface area contributed by atoms with Gasteiger partial charge in [-0.25, -0.2) is 0 Å². The second kappa shape index (κ2) is 21.5. The van der Waals surface area contributed by atoms with Crippen LogP contribution in [0.2, 0.25) is 0 Å². The van der Waals surface area contributed by atoms with E-state index in [1.807, 2.05) is 13.8 Å². The van der Waals surface area contributed by atoms with E-state index in [0.717, 1.165) is 19.3 Å². The van der Waals surface area contributed by atoms with E-state index in [4.69, 9.17) is 9.47 Å². The number of carbonyl (C=O) groups excluding carboxylic acids is 7. The summed E-state index contributed by atoms with van der Waals surface area (Å²) in [4.78, 5) is 116. The van der Waals surface area contributed by atoms with Gasteiger partial charge in [0.25, 0.3) is 11.8 Å². The van der Waals surface area contributed by atoms with Crippen LogP contribution in [0.5, 0.6) is 0 Å². The van der Waals surface area contributed by atoms with E-state index in [1.165, 1.54) is 31.3 Å². The van der Waals surface area contributed by atoms with Crippen molar-refractivity contribution in [3.63, 3.8) is 0 Å². The lowest BCUT2D eigenvalue weighted by Gasteiger charge is -2.39. The number of piperidine rings is 1. The standard InChI is InChI=1S/C39H63N6O11P/c1-7-24(2)35(29(55-5)21-33(49)43-19-11-12-28(43)37(56-6)25(3)38(51)41-23-57(53)54)42(4)34(50)22-40-39(52)36-26-14-15-27(20-26)45(36)32(48)13-9-8-10-18-44-30(46)16-17-31(44)47/h16-17,24-29,35-37,53-54H,7-15,18-23H2,1-6H3,(H,40,52)(H,41,51). The second-order valence-electron chi connectivity index (χ2n) is 15.9. The van der Waals surface area contributed by atoms with Crippen LogP contribution in [-0.2, 0) is 43.0 Å². The van der Waals surface area contributed by atoms with Crippen LogP contribution in [0.1, 0.15) is 91.4 Å². The summed E-state index contributed by atoms with van der Waals surface area (Å²) in [6, 6.07) is -1.58. The predicted octanol–water partition coefficient (Wildman–Crippen LogP) is 1.26. The molecule has 3 fully saturated rings. The summed E-state index contributed by atoms with van der Waals surface area (Å²) < 4.78 is 11.7. The Bertz CT molecular complexity index is 1480. The third kappa shape index (κ3) is 11.4. The maximum Gasteiger partial charge on any atom is 0.253 e. The molecule has 4 rings (SSSR count). The van der Waals surface area contributed by atoms with Gasteiger partial charge in [0, 0.05) is 59.0 Å². The van der Waals surface area contributed by atoms with Crippen LogP contribution in [0.25, 0.3) is 0 Å². The second-order valence-corrected chi connectivity index (χ2v) is 16.9. The molecule has 2 saturated heterocycles. The summed E-state index contributed by atoms with van der Waals surface area (Å²) in [5.74, 6) is -2.82. The minimum absolute atomic E-state index is 0.0157. The highest BCUT2D eigenvalue weighted by Crippen LogP contribution is 2.43. The number of unbranched alkanes of at least 4 members (excludes halogenated alkanes) is 2. The van der Waals surface area contributed by atoms with E-state index >= 15 is 0 Å². The molecule has 4 N–H and O–H groups in total. The Kier molecular flexibility index (Phi) is 17.4. The minimum atomic E-state index is -2.30. The third-order valence-corrected chi connectivity index (χ3v) is 12.9. The van der Waals surface area contributed by atoms with E-state index < -0.39 is 50.5 Å². The molecule has 3 heterocycles. The first-order chi connectivity index (χ1) is 27.1. The van der Waals surface area contributed by atoms with E-state index in [2.05, 4.69) is 10.6 Å². The molecule has 57 heavy (non-hydrogen) atoms. The Balaban J connectivity index is 1.33. The van der Waals surface area contributed by atoms with Crippen molar-refractivity contribution in [2.24, 2.45) is 17.8 Å². The topological polar surface area (TPSA) is 215 Å². The molecule has 0 radical (unpaired) electrons. The van der Waals surface area contributed by atoms with E-state index in [0.29, 0.717) is 51.6 Å². The number of imide groups is 1. The number of rotatable bonds is 22. The Morgan fingerprint density at radius 2 is 1.67 bits per heavy atom. The van der Waals surface area contributed by atoms with E-state index in [1.54, 1.807) is 28.7 Å². The molecule has 1 saturated carbocycles. The molecule has 0 aromatic rings. The molecule has 2 bridgehead atoms. The number of nitrogens with zero attached hydrogens (tertiary/aromatic N) is 4. The number of carbonyl (C=O) groups is 7. The normalized spacial score (nSPS) is 24.2. The van der Waals surface area contributed by atoms with Crippen LogP contribution < -0.4 is 10.6 Å². The smallest absolute Gasteiger partial charge is 0.253 e. The van der Waals surface area contributed by atoms with Gasteiger partial charge in [0.15, 0.2) is 8.38 Å². The molecule has 0 spiro atoms. The van der Waals surface area contributed by atoms with E-state index in [9.17, 15) is 43.3 Å². The van der Waals surface area contributed by atoms with Crippen molar-refractivity contribution < 1.29 is 52.8 Å². The van der Waals surface area contributed by atoms with Gasteiger partial charge in [-0.1, -0.05) is 33.6 Å². The van der Waals surface area contributed by atoms with Crippen molar-refractivity contribution in [2.75, 3.05) is 47.2 Å². The number of nitrogens with one attached hydrogen (secondary N) is 2. The number of fused-ring (bicyclic) bond motifs is 2. The molecule has 0 aromatic heterocycles. The fourth-order valence-electron chi connectivity index (χ4n) is 9.22. The van der Waals surface area contributed by atoms with Crippen molar-refractivity contribution in [3.05, 3.63) is 12.2 Å². The molecule has 9 atom stereocenters. The highest BCUT2D eigenvalue weighted by molar-refractivity contribution is 7.45. The van der Waals surface area contributed by atoms with Crippen molar-refractivity contribution in [1.29, 1.82) is 0 Å². The van der Waals surface area contributed by atoms with Gasteiger partial charge in [-0.2, -0.15) is 0 Å². The molecule has 3 aliphatic heterocycles. The zero-order valence-corrected chi connectivity index (χ0v) is 35.2. The molecule has 17 nitrogen and oxygen atoms in total. The first kappa shape index (κ1) is 46.2. The van der Waals surface area contributed by atoms with Crippen molar-refractivity contribution in [1.82, 2.24) is 30.2 Å². The molecular formula is C39H63N6O11P. The van der Waals surface area contributed by atoms with Gasteiger partial charge in [-0.3, -0.25) is 38.5 Å². The van der Waals surface area contributed by atoms with Gasteiger partial charge in [-0.05, 0) is 56.8 Å². The molecule has 9 unspecified atom stereocenters. The maximum atomic E-state index is 14.0. The van der Waals surface area contributed by atoms with Gasteiger partial charge in [0.2, 0.25) is 29.5 Å². The number of amides is 7. The fraction of sp³-hybridized carbons (Fsp3) is 0.769. The molecule has 0 aromatic carbocycles. The van der Waals surface area contributed by atoms with Gasteiger partial charge >= 0.3 is 0 Å². The van der Waals surface area contributed by atoms with Gasteiger partial charge in [-0.15, -0.1) is 0 Å². The molecule has 7 amide bonds. The van der Waals surface area contributed by atoms with Crippen molar-refractivity contribution in [2.45, 2.75) is 128 Å². The predicted molar refractivity (Wildman–Crippen MR) is 210 cm³/mol. The lowest BCUT2D eigenvalue weighted by atomic mass is 9.90. The summed E-state index contributed by atoms with van der Waals surface area (Å²) in [5, 5.41) is 5.33. The number of methoxy groups -OCH3 is 2. The molecule has 4 aliphatic rings. The fourth-order valence-corrected chi connectivity index (χ4v) is 9.51. The zero-order chi connectivity index (χ0) is 42.0. The maximum absolute atomic E-state index is 14.0. The monoisotopic (exact) mass is 822 g/mol. The van der Waals surface area contributed by atoms with Crippen LogP contribution in [0.4, 0.5) is 0 Å². The average molecular weight is 823 g/mol. The lowest BCUT2D eigenvalue weighted by Crippen LogP contribution is -2.56. The van der Waals surface area contributed by atoms with Crippen LogP contribution in [0.3, 0.4) is 0 Å². The summed E-state index contributed by atoms with van der Waals surface area (Å²) >= 11 is 0.